The van der Waals surface area contributed by atoms with E-state index in [1.165, 1.54) is 0 Å². The van der Waals surface area contributed by atoms with Crippen LogP contribution in [-0.4, -0.2) is 58.1 Å². The lowest BCUT2D eigenvalue weighted by Crippen LogP contribution is -2.45. The van der Waals surface area contributed by atoms with Crippen LogP contribution in [0, 0.1) is 0 Å². The first kappa shape index (κ1) is 18.7. The summed E-state index contributed by atoms with van der Waals surface area (Å²) < 4.78 is 7.66. The van der Waals surface area contributed by atoms with Crippen LogP contribution < -0.4 is 15.0 Å². The second kappa shape index (κ2) is 7.79. The smallest absolute Gasteiger partial charge is 0.270 e. The molecule has 0 saturated heterocycles. The molecule has 0 radical (unpaired) electrons. The van der Waals surface area contributed by atoms with Gasteiger partial charge in [0.25, 0.3) is 5.91 Å². The summed E-state index contributed by atoms with van der Waals surface area (Å²) in [5.41, 5.74) is 2.31. The highest BCUT2D eigenvalue weighted by Gasteiger charge is 2.28. The number of amides is 1. The van der Waals surface area contributed by atoms with Crippen molar-refractivity contribution in [1.82, 2.24) is 20.1 Å². The number of hydrogen-bond donors (Lipinski definition) is 2. The number of carbonyl (C=O) groups excluding carboxylic acids is 1. The number of rotatable bonds is 4. The van der Waals surface area contributed by atoms with Crippen molar-refractivity contribution in [3.63, 3.8) is 0 Å². The van der Waals surface area contributed by atoms with E-state index >= 15 is 0 Å². The van der Waals surface area contributed by atoms with Crippen molar-refractivity contribution in [1.29, 1.82) is 0 Å². The molecule has 150 valence electrons. The summed E-state index contributed by atoms with van der Waals surface area (Å²) >= 11 is 0. The van der Waals surface area contributed by atoms with Gasteiger partial charge in [-0.15, -0.1) is 0 Å². The number of aromatic nitrogens is 3. The number of pyridine rings is 1. The lowest BCUT2D eigenvalue weighted by atomic mass is 9.92. The van der Waals surface area contributed by atoms with Gasteiger partial charge in [-0.2, -0.15) is 5.10 Å². The highest BCUT2D eigenvalue weighted by molar-refractivity contribution is 5.93. The molecular weight excluding hydrogens is 358 g/mol. The number of likely N-dealkylation sites (N-methyl/N-ethyl adjacent to an activating group) is 1. The number of aliphatic hydroxyl groups excluding tert-OH is 1. The predicted molar refractivity (Wildman–Crippen MR) is 105 cm³/mol. The highest BCUT2D eigenvalue weighted by atomic mass is 16.5. The molecule has 28 heavy (non-hydrogen) atoms. The van der Waals surface area contributed by atoms with Crippen LogP contribution in [0.2, 0.25) is 0 Å². The molecule has 2 aliphatic rings. The van der Waals surface area contributed by atoms with E-state index in [1.807, 2.05) is 31.4 Å². The van der Waals surface area contributed by atoms with E-state index in [9.17, 15) is 9.90 Å². The van der Waals surface area contributed by atoms with E-state index in [0.717, 1.165) is 49.1 Å². The van der Waals surface area contributed by atoms with Gasteiger partial charge in [0.1, 0.15) is 12.3 Å². The Hall–Kier alpha value is -2.61. The van der Waals surface area contributed by atoms with Crippen molar-refractivity contribution < 1.29 is 14.6 Å². The van der Waals surface area contributed by atoms with Gasteiger partial charge in [0.15, 0.2) is 11.6 Å². The Bertz CT molecular complexity index is 866. The van der Waals surface area contributed by atoms with Gasteiger partial charge in [-0.1, -0.05) is 12.8 Å². The third-order valence-electron chi connectivity index (χ3n) is 5.50. The summed E-state index contributed by atoms with van der Waals surface area (Å²) in [5.74, 6) is 1.16. The molecule has 1 amide bonds. The van der Waals surface area contributed by atoms with E-state index in [2.05, 4.69) is 15.4 Å². The minimum atomic E-state index is -0.490. The number of hydrogen-bond acceptors (Lipinski definition) is 6. The van der Waals surface area contributed by atoms with Crippen LogP contribution in [0.3, 0.4) is 0 Å². The lowest BCUT2D eigenvalue weighted by Gasteiger charge is -2.30. The molecule has 1 saturated carbocycles. The number of aliphatic hydroxyl groups is 1. The summed E-state index contributed by atoms with van der Waals surface area (Å²) in [4.78, 5) is 19.5. The predicted octanol–water partition coefficient (Wildman–Crippen LogP) is 1.27. The Morgan fingerprint density at radius 1 is 1.36 bits per heavy atom. The molecule has 8 heteroatoms. The van der Waals surface area contributed by atoms with Gasteiger partial charge in [0.2, 0.25) is 0 Å². The molecular formula is C20H27N5O3. The van der Waals surface area contributed by atoms with Crippen LogP contribution in [-0.2, 0) is 13.5 Å². The number of nitrogens with zero attached hydrogens (tertiary/aromatic N) is 4. The minimum absolute atomic E-state index is 0.213. The molecule has 0 aromatic carbocycles. The highest BCUT2D eigenvalue weighted by Crippen LogP contribution is 2.34. The summed E-state index contributed by atoms with van der Waals surface area (Å²) in [7, 11) is 3.83. The Kier molecular flexibility index (Phi) is 5.21. The number of anilines is 1. The first-order valence-electron chi connectivity index (χ1n) is 9.85. The molecule has 8 nitrogen and oxygen atoms in total. The lowest BCUT2D eigenvalue weighted by molar-refractivity contribution is 0.0713. The van der Waals surface area contributed by atoms with Gasteiger partial charge in [0, 0.05) is 32.3 Å². The maximum atomic E-state index is 12.9. The van der Waals surface area contributed by atoms with Crippen LogP contribution in [0.4, 0.5) is 5.82 Å². The van der Waals surface area contributed by atoms with Gasteiger partial charge in [-0.3, -0.25) is 9.48 Å². The van der Waals surface area contributed by atoms with Crippen molar-refractivity contribution in [3.8, 4) is 5.75 Å². The first-order valence-corrected chi connectivity index (χ1v) is 9.85. The topological polar surface area (TPSA) is 92.5 Å². The van der Waals surface area contributed by atoms with Crippen LogP contribution in [0.25, 0.3) is 0 Å². The van der Waals surface area contributed by atoms with Crippen LogP contribution >= 0.6 is 0 Å². The molecule has 0 bridgehead atoms. The maximum Gasteiger partial charge on any atom is 0.270 e. The molecule has 1 aliphatic heterocycles. The van der Waals surface area contributed by atoms with Gasteiger partial charge in [-0.25, -0.2) is 4.98 Å². The van der Waals surface area contributed by atoms with E-state index < -0.39 is 6.10 Å². The Balaban J connectivity index is 1.64. The SMILES string of the molecule is CN1CCOc2c(Cc3cnn(C)c3)cc(C(=O)NC3CCCCC3O)nc21. The van der Waals surface area contributed by atoms with Gasteiger partial charge >= 0.3 is 0 Å². The quantitative estimate of drug-likeness (QED) is 0.823. The standard InChI is InChI=1S/C20H27N5O3/c1-24-7-8-28-18-14(9-13-11-21-25(2)12-13)10-16(22-19(18)24)20(27)23-15-5-3-4-6-17(15)26/h10-12,15,17,26H,3-9H2,1-2H3,(H,23,27). The molecule has 2 aromatic heterocycles. The van der Waals surface area contributed by atoms with Crippen molar-refractivity contribution in [2.45, 2.75) is 44.2 Å². The average Bonchev–Trinajstić information content (AvgIpc) is 3.09. The van der Waals surface area contributed by atoms with E-state index in [1.54, 1.807) is 10.7 Å². The first-order chi connectivity index (χ1) is 13.5. The third-order valence-corrected chi connectivity index (χ3v) is 5.50. The summed E-state index contributed by atoms with van der Waals surface area (Å²) in [6.07, 6.45) is 7.43. The second-order valence-corrected chi connectivity index (χ2v) is 7.72. The molecule has 1 fully saturated rings. The number of carbonyl (C=O) groups is 1. The number of fused-ring (bicyclic) bond motifs is 1. The summed E-state index contributed by atoms with van der Waals surface area (Å²) in [6, 6.07) is 1.59. The van der Waals surface area contributed by atoms with E-state index in [-0.39, 0.29) is 11.9 Å². The fourth-order valence-electron chi connectivity index (χ4n) is 3.93. The number of ether oxygens (including phenoxy) is 1. The molecule has 2 unspecified atom stereocenters. The number of nitrogens with one attached hydrogen (secondary N) is 1. The molecule has 1 aliphatic carbocycles. The molecule has 2 aromatic rings. The monoisotopic (exact) mass is 385 g/mol. The van der Waals surface area contributed by atoms with Crippen molar-refractivity contribution in [3.05, 3.63) is 35.3 Å². The average molecular weight is 385 g/mol. The zero-order chi connectivity index (χ0) is 19.7. The van der Waals surface area contributed by atoms with Crippen molar-refractivity contribution in [2.24, 2.45) is 7.05 Å². The van der Waals surface area contributed by atoms with Gasteiger partial charge < -0.3 is 20.1 Å². The summed E-state index contributed by atoms with van der Waals surface area (Å²) in [6.45, 7) is 1.31. The fourth-order valence-corrected chi connectivity index (χ4v) is 3.93. The minimum Gasteiger partial charge on any atom is -0.488 e. The Labute approximate surface area is 164 Å². The normalized spacial score (nSPS) is 21.8. The Morgan fingerprint density at radius 2 is 2.18 bits per heavy atom. The van der Waals surface area contributed by atoms with E-state index in [0.29, 0.717) is 24.5 Å². The van der Waals surface area contributed by atoms with Crippen LogP contribution in [0.1, 0.15) is 47.3 Å². The zero-order valence-corrected chi connectivity index (χ0v) is 16.4. The van der Waals surface area contributed by atoms with Gasteiger partial charge in [0.05, 0.1) is 24.9 Å². The number of aryl methyl sites for hydroxylation is 1. The zero-order valence-electron chi connectivity index (χ0n) is 16.4. The molecule has 4 rings (SSSR count). The molecule has 0 spiro atoms. The van der Waals surface area contributed by atoms with Crippen molar-refractivity contribution >= 4 is 11.7 Å². The van der Waals surface area contributed by atoms with Crippen molar-refractivity contribution in [2.75, 3.05) is 25.1 Å². The molecule has 2 N–H and O–H groups in total. The molecule has 3 heterocycles. The molecule has 2 atom stereocenters. The van der Waals surface area contributed by atoms with Crippen LogP contribution in [0.15, 0.2) is 18.5 Å². The maximum absolute atomic E-state index is 12.9. The fraction of sp³-hybridized carbons (Fsp3) is 0.550. The Morgan fingerprint density at radius 3 is 2.93 bits per heavy atom. The van der Waals surface area contributed by atoms with Crippen LogP contribution in [0.5, 0.6) is 5.75 Å². The van der Waals surface area contributed by atoms with Gasteiger partial charge in [-0.05, 0) is 24.5 Å². The third kappa shape index (κ3) is 3.82. The largest absolute Gasteiger partial charge is 0.488 e. The summed E-state index contributed by atoms with van der Waals surface area (Å²) in [5, 5.41) is 17.4. The second-order valence-electron chi connectivity index (χ2n) is 7.72. The van der Waals surface area contributed by atoms with E-state index in [4.69, 9.17) is 4.74 Å².